The fourth-order valence-electron chi connectivity index (χ4n) is 1.09. The third kappa shape index (κ3) is 10.3. The summed E-state index contributed by atoms with van der Waals surface area (Å²) >= 11 is 0. The molecule has 18 heavy (non-hydrogen) atoms. The van der Waals surface area contributed by atoms with E-state index in [2.05, 4.69) is 4.74 Å². The van der Waals surface area contributed by atoms with Crippen molar-refractivity contribution in [2.75, 3.05) is 13.2 Å². The number of hydrogen-bond acceptors (Lipinski definition) is 4. The standard InChI is InChI=1S/C11H20F3NO3/c1-10(2,3)18-9(16)8(15)5-4-6-17-7-11(12,13)14/h8H,4-7,15H2,1-3H3. The fourth-order valence-corrected chi connectivity index (χ4v) is 1.09. The first-order valence-corrected chi connectivity index (χ1v) is 5.64. The molecule has 7 heteroatoms. The first-order valence-electron chi connectivity index (χ1n) is 5.64. The summed E-state index contributed by atoms with van der Waals surface area (Å²) in [4.78, 5) is 11.4. The van der Waals surface area contributed by atoms with Crippen LogP contribution in [0.3, 0.4) is 0 Å². The lowest BCUT2D eigenvalue weighted by Crippen LogP contribution is -2.37. The molecule has 0 aromatic carbocycles. The molecular formula is C11H20F3NO3. The second-order valence-corrected chi connectivity index (χ2v) is 4.95. The maximum atomic E-state index is 11.7. The smallest absolute Gasteiger partial charge is 0.411 e. The second-order valence-electron chi connectivity index (χ2n) is 4.95. The van der Waals surface area contributed by atoms with Crippen molar-refractivity contribution in [3.05, 3.63) is 0 Å². The van der Waals surface area contributed by atoms with Gasteiger partial charge in [-0.05, 0) is 33.6 Å². The lowest BCUT2D eigenvalue weighted by atomic mass is 10.1. The summed E-state index contributed by atoms with van der Waals surface area (Å²) in [6.07, 6.45) is -3.82. The van der Waals surface area contributed by atoms with E-state index in [1.807, 2.05) is 0 Å². The van der Waals surface area contributed by atoms with E-state index in [1.54, 1.807) is 20.8 Å². The molecule has 0 aromatic rings. The van der Waals surface area contributed by atoms with Gasteiger partial charge in [-0.15, -0.1) is 0 Å². The van der Waals surface area contributed by atoms with Gasteiger partial charge in [-0.1, -0.05) is 0 Å². The van der Waals surface area contributed by atoms with E-state index in [9.17, 15) is 18.0 Å². The van der Waals surface area contributed by atoms with Crippen LogP contribution in [0.5, 0.6) is 0 Å². The van der Waals surface area contributed by atoms with Gasteiger partial charge in [-0.2, -0.15) is 13.2 Å². The molecule has 0 saturated heterocycles. The Balaban J connectivity index is 3.71. The number of nitrogens with two attached hydrogens (primary N) is 1. The van der Waals surface area contributed by atoms with Crippen LogP contribution < -0.4 is 5.73 Å². The Morgan fingerprint density at radius 1 is 1.28 bits per heavy atom. The first-order chi connectivity index (χ1) is 8.01. The topological polar surface area (TPSA) is 61.5 Å². The highest BCUT2D eigenvalue weighted by molar-refractivity contribution is 5.75. The number of rotatable bonds is 6. The highest BCUT2D eigenvalue weighted by Crippen LogP contribution is 2.15. The van der Waals surface area contributed by atoms with Crippen molar-refractivity contribution in [1.29, 1.82) is 0 Å². The summed E-state index contributed by atoms with van der Waals surface area (Å²) in [5.41, 5.74) is 4.92. The van der Waals surface area contributed by atoms with E-state index in [-0.39, 0.29) is 19.4 Å². The zero-order chi connectivity index (χ0) is 14.4. The molecule has 4 nitrogen and oxygen atoms in total. The molecule has 0 heterocycles. The Morgan fingerprint density at radius 3 is 2.28 bits per heavy atom. The van der Waals surface area contributed by atoms with Gasteiger partial charge < -0.3 is 15.2 Å². The lowest BCUT2D eigenvalue weighted by Gasteiger charge is -2.22. The molecule has 0 aromatic heterocycles. The van der Waals surface area contributed by atoms with Crippen LogP contribution in [0, 0.1) is 0 Å². The van der Waals surface area contributed by atoms with Crippen LogP contribution in [0.25, 0.3) is 0 Å². The minimum Gasteiger partial charge on any atom is -0.459 e. The Morgan fingerprint density at radius 2 is 1.83 bits per heavy atom. The zero-order valence-electron chi connectivity index (χ0n) is 10.8. The fraction of sp³-hybridized carbons (Fsp3) is 0.909. The van der Waals surface area contributed by atoms with Crippen LogP contribution in [-0.4, -0.2) is 37.0 Å². The molecule has 0 aliphatic rings. The number of halogens is 3. The Kier molecular flexibility index (Phi) is 6.62. The van der Waals surface area contributed by atoms with Crippen LogP contribution in [-0.2, 0) is 14.3 Å². The predicted octanol–water partition coefficient (Wildman–Crippen LogP) is 2.01. The lowest BCUT2D eigenvalue weighted by molar-refractivity contribution is -0.174. The Bertz CT molecular complexity index is 261. The van der Waals surface area contributed by atoms with Crippen LogP contribution in [0.15, 0.2) is 0 Å². The van der Waals surface area contributed by atoms with E-state index < -0.39 is 30.4 Å². The average Bonchev–Trinajstić information content (AvgIpc) is 2.12. The molecule has 1 atom stereocenters. The van der Waals surface area contributed by atoms with E-state index in [4.69, 9.17) is 10.5 Å². The molecule has 1 unspecified atom stereocenters. The molecule has 0 saturated carbocycles. The summed E-state index contributed by atoms with van der Waals surface area (Å²) in [6.45, 7) is 3.77. The Labute approximate surface area is 105 Å². The number of alkyl halides is 3. The van der Waals surface area contributed by atoms with Crippen molar-refractivity contribution in [2.45, 2.75) is 51.4 Å². The van der Waals surface area contributed by atoms with Crippen molar-refractivity contribution < 1.29 is 27.4 Å². The monoisotopic (exact) mass is 271 g/mol. The quantitative estimate of drug-likeness (QED) is 0.593. The summed E-state index contributed by atoms with van der Waals surface area (Å²) in [5.74, 6) is -0.557. The summed E-state index contributed by atoms with van der Waals surface area (Å²) in [6, 6.07) is -0.835. The van der Waals surface area contributed by atoms with Gasteiger partial charge >= 0.3 is 12.1 Å². The highest BCUT2D eigenvalue weighted by atomic mass is 19.4. The largest absolute Gasteiger partial charge is 0.459 e. The summed E-state index contributed by atoms with van der Waals surface area (Å²) in [5, 5.41) is 0. The van der Waals surface area contributed by atoms with Gasteiger partial charge in [-0.25, -0.2) is 0 Å². The number of carbonyl (C=O) groups is 1. The zero-order valence-corrected chi connectivity index (χ0v) is 10.8. The van der Waals surface area contributed by atoms with Crippen molar-refractivity contribution in [1.82, 2.24) is 0 Å². The molecule has 108 valence electrons. The molecule has 0 aliphatic carbocycles. The molecule has 0 rings (SSSR count). The van der Waals surface area contributed by atoms with Crippen LogP contribution in [0.2, 0.25) is 0 Å². The number of esters is 1. The van der Waals surface area contributed by atoms with Gasteiger partial charge in [0.1, 0.15) is 18.2 Å². The normalized spacial score (nSPS) is 14.4. The SMILES string of the molecule is CC(C)(C)OC(=O)C(N)CCCOCC(F)(F)F. The second kappa shape index (κ2) is 6.94. The van der Waals surface area contributed by atoms with E-state index in [0.29, 0.717) is 0 Å². The third-order valence-electron chi connectivity index (χ3n) is 1.78. The van der Waals surface area contributed by atoms with Gasteiger partial charge in [0, 0.05) is 6.61 Å². The molecule has 0 fully saturated rings. The minimum atomic E-state index is -4.33. The Hall–Kier alpha value is -0.820. The van der Waals surface area contributed by atoms with E-state index in [1.165, 1.54) is 0 Å². The van der Waals surface area contributed by atoms with Gasteiger partial charge in [0.2, 0.25) is 0 Å². The number of hydrogen-bond donors (Lipinski definition) is 1. The van der Waals surface area contributed by atoms with E-state index in [0.717, 1.165) is 0 Å². The van der Waals surface area contributed by atoms with Crippen molar-refractivity contribution in [3.63, 3.8) is 0 Å². The molecule has 0 bridgehead atoms. The first kappa shape index (κ1) is 17.2. The molecule has 0 radical (unpaired) electrons. The van der Waals surface area contributed by atoms with E-state index >= 15 is 0 Å². The third-order valence-corrected chi connectivity index (χ3v) is 1.78. The maximum absolute atomic E-state index is 11.7. The van der Waals surface area contributed by atoms with Gasteiger partial charge in [-0.3, -0.25) is 4.79 Å². The minimum absolute atomic E-state index is 0.0873. The maximum Gasteiger partial charge on any atom is 0.411 e. The number of ether oxygens (including phenoxy) is 2. The van der Waals surface area contributed by atoms with Gasteiger partial charge in [0.15, 0.2) is 0 Å². The summed E-state index contributed by atoms with van der Waals surface area (Å²) < 4.78 is 44.6. The van der Waals surface area contributed by atoms with Crippen molar-refractivity contribution >= 4 is 5.97 Å². The van der Waals surface area contributed by atoms with Gasteiger partial charge in [0.25, 0.3) is 0 Å². The highest BCUT2D eigenvalue weighted by Gasteiger charge is 2.27. The predicted molar refractivity (Wildman–Crippen MR) is 59.9 cm³/mol. The van der Waals surface area contributed by atoms with Crippen molar-refractivity contribution in [3.8, 4) is 0 Å². The van der Waals surface area contributed by atoms with Crippen LogP contribution in [0.4, 0.5) is 13.2 Å². The molecular weight excluding hydrogens is 251 g/mol. The molecule has 0 aliphatic heterocycles. The van der Waals surface area contributed by atoms with Crippen LogP contribution >= 0.6 is 0 Å². The van der Waals surface area contributed by atoms with Gasteiger partial charge in [0.05, 0.1) is 0 Å². The molecule has 2 N–H and O–H groups in total. The number of carbonyl (C=O) groups excluding carboxylic acids is 1. The van der Waals surface area contributed by atoms with Crippen molar-refractivity contribution in [2.24, 2.45) is 5.73 Å². The summed E-state index contributed by atoms with van der Waals surface area (Å²) in [7, 11) is 0. The van der Waals surface area contributed by atoms with Crippen LogP contribution in [0.1, 0.15) is 33.6 Å². The molecule has 0 amide bonds. The average molecular weight is 271 g/mol. The molecule has 0 spiro atoms.